The first-order valence-corrected chi connectivity index (χ1v) is 12.0. The lowest BCUT2D eigenvalue weighted by atomic mass is 9.89. The summed E-state index contributed by atoms with van der Waals surface area (Å²) in [5.41, 5.74) is 6.20. The van der Waals surface area contributed by atoms with Crippen molar-refractivity contribution in [2.75, 3.05) is 17.1 Å². The molecular formula is C23H30N2O3S. The molecule has 0 saturated heterocycles. The fraction of sp³-hybridized carbons (Fsp3) is 0.435. The van der Waals surface area contributed by atoms with Gasteiger partial charge in [-0.05, 0) is 80.3 Å². The summed E-state index contributed by atoms with van der Waals surface area (Å²) in [6.45, 7) is 5.50. The van der Waals surface area contributed by atoms with Gasteiger partial charge in [-0.25, -0.2) is 8.42 Å². The first kappa shape index (κ1) is 21.4. The Hall–Kier alpha value is -2.34. The summed E-state index contributed by atoms with van der Waals surface area (Å²) < 4.78 is 26.0. The molecule has 5 nitrogen and oxygen atoms in total. The SMILES string of the molecule is Cc1cccc(N(CC(=O)N[C@H](C)c2ccc3c(c2)CCCC3)S(C)(=O)=O)c1C. The van der Waals surface area contributed by atoms with Gasteiger partial charge in [-0.2, -0.15) is 0 Å². The topological polar surface area (TPSA) is 66.5 Å². The molecule has 1 atom stereocenters. The maximum atomic E-state index is 12.7. The van der Waals surface area contributed by atoms with Crippen LogP contribution in [0.2, 0.25) is 0 Å². The molecule has 2 aromatic rings. The highest BCUT2D eigenvalue weighted by Crippen LogP contribution is 2.26. The van der Waals surface area contributed by atoms with E-state index in [4.69, 9.17) is 0 Å². The Kier molecular flexibility index (Phi) is 6.32. The van der Waals surface area contributed by atoms with Crippen molar-refractivity contribution >= 4 is 21.6 Å². The molecule has 0 radical (unpaired) electrons. The zero-order valence-electron chi connectivity index (χ0n) is 17.7. The minimum atomic E-state index is -3.59. The number of aryl methyl sites for hydroxylation is 3. The van der Waals surface area contributed by atoms with Crippen LogP contribution >= 0.6 is 0 Å². The molecule has 0 fully saturated rings. The number of nitrogens with one attached hydrogen (secondary N) is 1. The third-order valence-electron chi connectivity index (χ3n) is 5.78. The third kappa shape index (κ3) is 4.99. The normalized spacial score (nSPS) is 14.8. The molecule has 1 aliphatic carbocycles. The molecule has 0 heterocycles. The Bertz CT molecular complexity index is 1010. The van der Waals surface area contributed by atoms with Gasteiger partial charge in [0.15, 0.2) is 0 Å². The van der Waals surface area contributed by atoms with E-state index in [2.05, 4.69) is 23.5 Å². The summed E-state index contributed by atoms with van der Waals surface area (Å²) in [5, 5.41) is 2.96. The second-order valence-electron chi connectivity index (χ2n) is 8.01. The van der Waals surface area contributed by atoms with Gasteiger partial charge >= 0.3 is 0 Å². The van der Waals surface area contributed by atoms with E-state index in [1.54, 1.807) is 6.07 Å². The zero-order valence-corrected chi connectivity index (χ0v) is 18.5. The van der Waals surface area contributed by atoms with Gasteiger partial charge in [0, 0.05) is 0 Å². The van der Waals surface area contributed by atoms with Crippen molar-refractivity contribution in [3.05, 3.63) is 64.2 Å². The van der Waals surface area contributed by atoms with Gasteiger partial charge in [-0.1, -0.05) is 30.3 Å². The second kappa shape index (κ2) is 8.57. The lowest BCUT2D eigenvalue weighted by Gasteiger charge is -2.25. The predicted molar refractivity (Wildman–Crippen MR) is 118 cm³/mol. The van der Waals surface area contributed by atoms with Crippen molar-refractivity contribution in [3.8, 4) is 0 Å². The number of hydrogen-bond donors (Lipinski definition) is 1. The average molecular weight is 415 g/mol. The lowest BCUT2D eigenvalue weighted by molar-refractivity contribution is -0.120. The molecule has 0 spiro atoms. The van der Waals surface area contributed by atoms with Crippen molar-refractivity contribution in [1.82, 2.24) is 5.32 Å². The number of amides is 1. The van der Waals surface area contributed by atoms with Crippen molar-refractivity contribution in [1.29, 1.82) is 0 Å². The number of anilines is 1. The molecule has 1 N–H and O–H groups in total. The lowest BCUT2D eigenvalue weighted by Crippen LogP contribution is -2.41. The Morgan fingerprint density at radius 1 is 1.10 bits per heavy atom. The van der Waals surface area contributed by atoms with Gasteiger partial charge < -0.3 is 5.32 Å². The van der Waals surface area contributed by atoms with E-state index in [1.165, 1.54) is 28.3 Å². The number of rotatable bonds is 6. The predicted octanol–water partition coefficient (Wildman–Crippen LogP) is 3.83. The molecule has 0 unspecified atom stereocenters. The maximum Gasteiger partial charge on any atom is 0.241 e. The summed E-state index contributed by atoms with van der Waals surface area (Å²) in [5.74, 6) is -0.318. The molecule has 6 heteroatoms. The van der Waals surface area contributed by atoms with E-state index in [0.29, 0.717) is 5.69 Å². The van der Waals surface area contributed by atoms with Crippen LogP contribution in [0.5, 0.6) is 0 Å². The molecule has 0 bridgehead atoms. The van der Waals surface area contributed by atoms with Crippen LogP contribution in [-0.2, 0) is 27.7 Å². The first-order chi connectivity index (χ1) is 13.7. The van der Waals surface area contributed by atoms with E-state index in [0.717, 1.165) is 35.8 Å². The van der Waals surface area contributed by atoms with Gasteiger partial charge in [-0.3, -0.25) is 9.10 Å². The minimum absolute atomic E-state index is 0.185. The van der Waals surface area contributed by atoms with Crippen LogP contribution in [0, 0.1) is 13.8 Å². The van der Waals surface area contributed by atoms with Crippen LogP contribution < -0.4 is 9.62 Å². The maximum absolute atomic E-state index is 12.7. The number of carbonyl (C=O) groups excluding carboxylic acids is 1. The highest BCUT2D eigenvalue weighted by molar-refractivity contribution is 7.92. The third-order valence-corrected chi connectivity index (χ3v) is 6.91. The monoisotopic (exact) mass is 414 g/mol. The molecule has 3 rings (SSSR count). The number of carbonyl (C=O) groups is 1. The number of nitrogens with zero attached hydrogens (tertiary/aromatic N) is 1. The van der Waals surface area contributed by atoms with Crippen LogP contribution in [0.4, 0.5) is 5.69 Å². The average Bonchev–Trinajstić information content (AvgIpc) is 2.67. The van der Waals surface area contributed by atoms with Crippen molar-refractivity contribution in [2.45, 2.75) is 52.5 Å². The quantitative estimate of drug-likeness (QED) is 0.781. The summed E-state index contributed by atoms with van der Waals surface area (Å²) in [6, 6.07) is 11.7. The minimum Gasteiger partial charge on any atom is -0.348 e. The summed E-state index contributed by atoms with van der Waals surface area (Å²) in [4.78, 5) is 12.7. The zero-order chi connectivity index (χ0) is 21.2. The summed E-state index contributed by atoms with van der Waals surface area (Å²) in [7, 11) is -3.59. The number of benzene rings is 2. The fourth-order valence-electron chi connectivity index (χ4n) is 3.91. The molecule has 2 aromatic carbocycles. The van der Waals surface area contributed by atoms with Crippen molar-refractivity contribution in [2.24, 2.45) is 0 Å². The summed E-state index contributed by atoms with van der Waals surface area (Å²) in [6.07, 6.45) is 5.78. The van der Waals surface area contributed by atoms with Crippen molar-refractivity contribution < 1.29 is 13.2 Å². The first-order valence-electron chi connectivity index (χ1n) is 10.1. The standard InChI is InChI=1S/C23H30N2O3S/c1-16-8-7-11-22(17(16)2)25(29(4,27)28)15-23(26)24-18(3)20-13-12-19-9-5-6-10-21(19)14-20/h7-8,11-14,18H,5-6,9-10,15H2,1-4H3,(H,24,26)/t18-/m1/s1. The van der Waals surface area contributed by atoms with Gasteiger partial charge in [0.05, 0.1) is 18.0 Å². The molecule has 1 amide bonds. The van der Waals surface area contributed by atoms with Crippen LogP contribution in [0.25, 0.3) is 0 Å². The molecule has 1 aliphatic rings. The number of hydrogen-bond acceptors (Lipinski definition) is 3. The molecule has 0 saturated carbocycles. The smallest absolute Gasteiger partial charge is 0.241 e. The highest BCUT2D eigenvalue weighted by atomic mass is 32.2. The molecular weight excluding hydrogens is 384 g/mol. The fourth-order valence-corrected chi connectivity index (χ4v) is 4.82. The Balaban J connectivity index is 1.76. The number of sulfonamides is 1. The summed E-state index contributed by atoms with van der Waals surface area (Å²) >= 11 is 0. The second-order valence-corrected chi connectivity index (χ2v) is 9.92. The Labute approximate surface area is 174 Å². The van der Waals surface area contributed by atoms with Crippen LogP contribution in [-0.4, -0.2) is 27.1 Å². The van der Waals surface area contributed by atoms with E-state index >= 15 is 0 Å². The molecule has 156 valence electrons. The van der Waals surface area contributed by atoms with Crippen LogP contribution in [0.15, 0.2) is 36.4 Å². The van der Waals surface area contributed by atoms with E-state index in [9.17, 15) is 13.2 Å². The van der Waals surface area contributed by atoms with Gasteiger partial charge in [0.25, 0.3) is 0 Å². The van der Waals surface area contributed by atoms with Gasteiger partial charge in [-0.15, -0.1) is 0 Å². The number of fused-ring (bicyclic) bond motifs is 1. The van der Waals surface area contributed by atoms with Crippen LogP contribution in [0.1, 0.15) is 53.6 Å². The highest BCUT2D eigenvalue weighted by Gasteiger charge is 2.24. The Morgan fingerprint density at radius 3 is 2.48 bits per heavy atom. The van der Waals surface area contributed by atoms with E-state index in [-0.39, 0.29) is 18.5 Å². The van der Waals surface area contributed by atoms with Crippen LogP contribution in [0.3, 0.4) is 0 Å². The molecule has 0 aromatic heterocycles. The van der Waals surface area contributed by atoms with Gasteiger partial charge in [0.1, 0.15) is 6.54 Å². The van der Waals surface area contributed by atoms with Crippen molar-refractivity contribution in [3.63, 3.8) is 0 Å². The van der Waals surface area contributed by atoms with E-state index in [1.807, 2.05) is 32.9 Å². The molecule has 0 aliphatic heterocycles. The van der Waals surface area contributed by atoms with E-state index < -0.39 is 10.0 Å². The molecule has 29 heavy (non-hydrogen) atoms. The Morgan fingerprint density at radius 2 is 1.79 bits per heavy atom. The van der Waals surface area contributed by atoms with Gasteiger partial charge in [0.2, 0.25) is 15.9 Å². The largest absolute Gasteiger partial charge is 0.348 e.